The molecule has 0 aliphatic carbocycles. The van der Waals surface area contributed by atoms with Gasteiger partial charge in [0.05, 0.1) is 5.02 Å². The van der Waals surface area contributed by atoms with Gasteiger partial charge in [0.25, 0.3) is 9.05 Å². The van der Waals surface area contributed by atoms with E-state index in [-0.39, 0.29) is 9.92 Å². The van der Waals surface area contributed by atoms with Crippen LogP contribution in [0.2, 0.25) is 5.02 Å². The van der Waals surface area contributed by atoms with Crippen molar-refractivity contribution in [3.05, 3.63) is 23.2 Å². The molecule has 0 saturated carbocycles. The minimum atomic E-state index is -3.87. The second-order valence-corrected chi connectivity index (χ2v) is 5.73. The monoisotopic (exact) mass is 282 g/mol. The lowest BCUT2D eigenvalue weighted by atomic mass is 10.3. The second-order valence-electron chi connectivity index (χ2n) is 2.79. The number of hydrogen-bond donors (Lipinski definition) is 2. The van der Waals surface area contributed by atoms with E-state index in [9.17, 15) is 13.2 Å². The quantitative estimate of drug-likeness (QED) is 0.815. The third-order valence-electron chi connectivity index (χ3n) is 1.68. The van der Waals surface area contributed by atoms with Crippen LogP contribution in [0.3, 0.4) is 0 Å². The van der Waals surface area contributed by atoms with Gasteiger partial charge in [-0.2, -0.15) is 0 Å². The Hall–Kier alpha value is -0.980. The molecule has 0 aromatic heterocycles. The van der Waals surface area contributed by atoms with Gasteiger partial charge < -0.3 is 10.6 Å². The Morgan fingerprint density at radius 2 is 2.00 bits per heavy atom. The molecule has 0 heterocycles. The van der Waals surface area contributed by atoms with Crippen molar-refractivity contribution in [3.8, 4) is 0 Å². The summed E-state index contributed by atoms with van der Waals surface area (Å²) in [5, 5.41) is 4.73. The van der Waals surface area contributed by atoms with E-state index in [2.05, 4.69) is 10.6 Å². The molecule has 0 spiro atoms. The zero-order valence-corrected chi connectivity index (χ0v) is 10.4. The van der Waals surface area contributed by atoms with Gasteiger partial charge in [-0.15, -0.1) is 0 Å². The molecule has 0 atom stereocenters. The van der Waals surface area contributed by atoms with Crippen molar-refractivity contribution in [2.24, 2.45) is 0 Å². The predicted octanol–water partition coefficient (Wildman–Crippen LogP) is 2.02. The van der Waals surface area contributed by atoms with E-state index >= 15 is 0 Å². The zero-order chi connectivity index (χ0) is 12.3. The first-order chi connectivity index (χ1) is 7.34. The Kier molecular flexibility index (Phi) is 4.01. The molecule has 88 valence electrons. The minimum Gasteiger partial charge on any atom is -0.341 e. The van der Waals surface area contributed by atoms with Crippen molar-refractivity contribution in [2.75, 3.05) is 12.4 Å². The molecule has 1 aromatic rings. The van der Waals surface area contributed by atoms with Gasteiger partial charge in [0.1, 0.15) is 4.90 Å². The zero-order valence-electron chi connectivity index (χ0n) is 8.12. The third-order valence-corrected chi connectivity index (χ3v) is 3.48. The van der Waals surface area contributed by atoms with Gasteiger partial charge in [0, 0.05) is 23.4 Å². The maximum Gasteiger partial charge on any atom is 0.318 e. The Labute approximate surface area is 102 Å². The van der Waals surface area contributed by atoms with Crippen LogP contribution >= 0.6 is 22.3 Å². The van der Waals surface area contributed by atoms with Crippen molar-refractivity contribution >= 4 is 43.1 Å². The number of halogens is 2. The van der Waals surface area contributed by atoms with Crippen LogP contribution in [0.5, 0.6) is 0 Å². The molecule has 16 heavy (non-hydrogen) atoms. The number of rotatable bonds is 2. The summed E-state index contributed by atoms with van der Waals surface area (Å²) in [7, 11) is 2.72. The summed E-state index contributed by atoms with van der Waals surface area (Å²) in [6, 6.07) is 3.47. The van der Waals surface area contributed by atoms with Crippen molar-refractivity contribution < 1.29 is 13.2 Å². The first-order valence-corrected chi connectivity index (χ1v) is 6.76. The van der Waals surface area contributed by atoms with Crippen LogP contribution in [-0.2, 0) is 9.05 Å². The fraction of sp³-hybridized carbons (Fsp3) is 0.125. The molecule has 0 saturated heterocycles. The molecule has 0 bridgehead atoms. The molecular weight excluding hydrogens is 275 g/mol. The third kappa shape index (κ3) is 3.26. The van der Waals surface area contributed by atoms with Gasteiger partial charge in [0.2, 0.25) is 0 Å². The Balaban J connectivity index is 3.05. The number of amides is 2. The molecule has 2 amide bonds. The number of nitrogens with one attached hydrogen (secondary N) is 2. The van der Waals surface area contributed by atoms with Crippen molar-refractivity contribution in [1.82, 2.24) is 5.32 Å². The van der Waals surface area contributed by atoms with Crippen LogP contribution in [0.4, 0.5) is 10.5 Å². The van der Waals surface area contributed by atoms with Gasteiger partial charge in [-0.25, -0.2) is 13.2 Å². The van der Waals surface area contributed by atoms with Crippen LogP contribution in [0.15, 0.2) is 23.1 Å². The fourth-order valence-electron chi connectivity index (χ4n) is 0.970. The number of urea groups is 1. The lowest BCUT2D eigenvalue weighted by molar-refractivity contribution is 0.254. The summed E-state index contributed by atoms with van der Waals surface area (Å²) in [6.45, 7) is 0. The first-order valence-electron chi connectivity index (χ1n) is 4.07. The normalized spacial score (nSPS) is 10.9. The van der Waals surface area contributed by atoms with Gasteiger partial charge in [-0.1, -0.05) is 11.6 Å². The topological polar surface area (TPSA) is 75.3 Å². The van der Waals surface area contributed by atoms with E-state index in [0.29, 0.717) is 5.69 Å². The lowest BCUT2D eigenvalue weighted by Gasteiger charge is -2.06. The highest BCUT2D eigenvalue weighted by Crippen LogP contribution is 2.27. The van der Waals surface area contributed by atoms with Crippen molar-refractivity contribution in [1.29, 1.82) is 0 Å². The number of hydrogen-bond acceptors (Lipinski definition) is 3. The molecule has 0 radical (unpaired) electrons. The first kappa shape index (κ1) is 13.1. The largest absolute Gasteiger partial charge is 0.341 e. The van der Waals surface area contributed by atoms with E-state index in [1.165, 1.54) is 25.2 Å². The highest BCUT2D eigenvalue weighted by molar-refractivity contribution is 8.13. The molecule has 0 aliphatic rings. The maximum absolute atomic E-state index is 11.0. The highest BCUT2D eigenvalue weighted by atomic mass is 35.7. The van der Waals surface area contributed by atoms with Crippen LogP contribution in [0, 0.1) is 0 Å². The predicted molar refractivity (Wildman–Crippen MR) is 62.6 cm³/mol. The van der Waals surface area contributed by atoms with Crippen LogP contribution < -0.4 is 10.6 Å². The van der Waals surface area contributed by atoms with Crippen molar-refractivity contribution in [2.45, 2.75) is 4.90 Å². The van der Waals surface area contributed by atoms with Crippen molar-refractivity contribution in [3.63, 3.8) is 0 Å². The molecule has 2 N–H and O–H groups in total. The molecule has 5 nitrogen and oxygen atoms in total. The van der Waals surface area contributed by atoms with E-state index in [4.69, 9.17) is 22.3 Å². The molecule has 1 aromatic carbocycles. The molecule has 1 rings (SSSR count). The molecule has 0 fully saturated rings. The molecule has 0 aliphatic heterocycles. The van der Waals surface area contributed by atoms with Crippen LogP contribution in [-0.4, -0.2) is 21.5 Å². The number of benzene rings is 1. The number of carbonyl (C=O) groups excluding carboxylic acids is 1. The maximum atomic E-state index is 11.0. The highest BCUT2D eigenvalue weighted by Gasteiger charge is 2.15. The minimum absolute atomic E-state index is 0.0519. The average molecular weight is 283 g/mol. The molecular formula is C8H8Cl2N2O3S. The SMILES string of the molecule is CNC(=O)Nc1ccc(S(=O)(=O)Cl)c(Cl)c1. The summed E-state index contributed by atoms with van der Waals surface area (Å²) in [4.78, 5) is 10.8. The molecule has 8 heteroatoms. The second kappa shape index (κ2) is 4.90. The fourth-order valence-corrected chi connectivity index (χ4v) is 2.50. The summed E-state index contributed by atoms with van der Waals surface area (Å²) >= 11 is 5.71. The standard InChI is InChI=1S/C8H8Cl2N2O3S/c1-11-8(13)12-5-2-3-7(6(9)4-5)16(10,14)15/h2-4H,1H3,(H2,11,12,13). The van der Waals surface area contributed by atoms with E-state index in [1.807, 2.05) is 0 Å². The lowest BCUT2D eigenvalue weighted by Crippen LogP contribution is -2.24. The number of anilines is 1. The average Bonchev–Trinajstić information content (AvgIpc) is 2.15. The van der Waals surface area contributed by atoms with E-state index in [0.717, 1.165) is 0 Å². The van der Waals surface area contributed by atoms with E-state index < -0.39 is 15.1 Å². The van der Waals surface area contributed by atoms with Gasteiger partial charge >= 0.3 is 6.03 Å². The Bertz CT molecular complexity index is 516. The van der Waals surface area contributed by atoms with E-state index in [1.54, 1.807) is 0 Å². The summed E-state index contributed by atoms with van der Waals surface area (Å²) in [5.74, 6) is 0. The van der Waals surface area contributed by atoms with Gasteiger partial charge in [-0.05, 0) is 18.2 Å². The Morgan fingerprint density at radius 3 is 2.44 bits per heavy atom. The smallest absolute Gasteiger partial charge is 0.318 e. The Morgan fingerprint density at radius 1 is 1.38 bits per heavy atom. The van der Waals surface area contributed by atoms with Gasteiger partial charge in [-0.3, -0.25) is 0 Å². The summed E-state index contributed by atoms with van der Waals surface area (Å²) < 4.78 is 22.0. The summed E-state index contributed by atoms with van der Waals surface area (Å²) in [6.07, 6.45) is 0. The molecule has 0 unspecified atom stereocenters. The van der Waals surface area contributed by atoms with Crippen LogP contribution in [0.25, 0.3) is 0 Å². The number of carbonyl (C=O) groups is 1. The van der Waals surface area contributed by atoms with Gasteiger partial charge in [0.15, 0.2) is 0 Å². The summed E-state index contributed by atoms with van der Waals surface area (Å²) in [5.41, 5.74) is 0.369. The van der Waals surface area contributed by atoms with Crippen LogP contribution in [0.1, 0.15) is 0 Å².